The molecule has 108 valence electrons. The van der Waals surface area contributed by atoms with E-state index in [9.17, 15) is 9.59 Å². The zero-order valence-electron chi connectivity index (χ0n) is 11.9. The summed E-state index contributed by atoms with van der Waals surface area (Å²) < 4.78 is 6.20. The molecule has 1 aromatic carbocycles. The van der Waals surface area contributed by atoms with Crippen molar-refractivity contribution in [3.8, 4) is 0 Å². The fourth-order valence-corrected chi connectivity index (χ4v) is 4.10. The molecule has 2 atom stereocenters. The number of hydrogen-bond donors (Lipinski definition) is 0. The van der Waals surface area contributed by atoms with Crippen molar-refractivity contribution in [1.29, 1.82) is 0 Å². The summed E-state index contributed by atoms with van der Waals surface area (Å²) in [5, 5.41) is 0. The summed E-state index contributed by atoms with van der Waals surface area (Å²) in [5.41, 5.74) is 0. The van der Waals surface area contributed by atoms with Crippen LogP contribution in [0.1, 0.15) is 20.8 Å². The molecule has 2 amide bonds. The van der Waals surface area contributed by atoms with Crippen LogP contribution in [0.5, 0.6) is 0 Å². The van der Waals surface area contributed by atoms with E-state index in [1.165, 1.54) is 4.90 Å². The Morgan fingerprint density at radius 2 is 1.95 bits per heavy atom. The first-order valence-electron chi connectivity index (χ1n) is 6.72. The zero-order valence-corrected chi connectivity index (χ0v) is 13.6. The maximum atomic E-state index is 12.5. The normalized spacial score (nSPS) is 20.1. The SMILES string of the molecule is CC([Se]c1ccccc1)C(=O)N1C(=O)OCC1C(C)C. The van der Waals surface area contributed by atoms with Gasteiger partial charge in [0.15, 0.2) is 0 Å². The maximum absolute atomic E-state index is 12.5. The molecule has 1 aliphatic heterocycles. The Morgan fingerprint density at radius 3 is 2.55 bits per heavy atom. The molecule has 2 unspecified atom stereocenters. The van der Waals surface area contributed by atoms with Crippen LogP contribution in [0.3, 0.4) is 0 Å². The number of nitrogens with zero attached hydrogens (tertiary/aromatic N) is 1. The third kappa shape index (κ3) is 3.22. The van der Waals surface area contributed by atoms with Crippen molar-refractivity contribution in [3.63, 3.8) is 0 Å². The number of carbonyl (C=O) groups is 2. The Bertz CT molecular complexity index is 489. The Labute approximate surface area is 125 Å². The number of benzene rings is 1. The predicted molar refractivity (Wildman–Crippen MR) is 78.1 cm³/mol. The van der Waals surface area contributed by atoms with Gasteiger partial charge in [-0.25, -0.2) is 0 Å². The molecule has 1 fully saturated rings. The summed E-state index contributed by atoms with van der Waals surface area (Å²) in [6.07, 6.45) is -0.496. The average molecular weight is 340 g/mol. The average Bonchev–Trinajstić information content (AvgIpc) is 2.81. The van der Waals surface area contributed by atoms with Crippen molar-refractivity contribution in [2.24, 2.45) is 5.92 Å². The van der Waals surface area contributed by atoms with E-state index in [2.05, 4.69) is 0 Å². The van der Waals surface area contributed by atoms with Gasteiger partial charge in [0, 0.05) is 0 Å². The van der Waals surface area contributed by atoms with Gasteiger partial charge in [-0.1, -0.05) is 0 Å². The van der Waals surface area contributed by atoms with Gasteiger partial charge in [0.25, 0.3) is 0 Å². The van der Waals surface area contributed by atoms with E-state index < -0.39 is 6.09 Å². The molecule has 1 heterocycles. The van der Waals surface area contributed by atoms with E-state index in [1.807, 2.05) is 51.1 Å². The quantitative estimate of drug-likeness (QED) is 0.786. The van der Waals surface area contributed by atoms with E-state index in [4.69, 9.17) is 4.74 Å². The van der Waals surface area contributed by atoms with Gasteiger partial charge in [-0.3, -0.25) is 0 Å². The predicted octanol–water partition coefficient (Wildman–Crippen LogP) is 1.83. The number of carbonyl (C=O) groups excluding carboxylic acids is 2. The monoisotopic (exact) mass is 341 g/mol. The molecule has 0 aliphatic carbocycles. The van der Waals surface area contributed by atoms with E-state index in [1.54, 1.807) is 0 Å². The molecule has 4 nitrogen and oxygen atoms in total. The Hall–Kier alpha value is -1.32. The summed E-state index contributed by atoms with van der Waals surface area (Å²) >= 11 is 0.0166. The van der Waals surface area contributed by atoms with Gasteiger partial charge in [-0.15, -0.1) is 0 Å². The zero-order chi connectivity index (χ0) is 14.7. The number of hydrogen-bond acceptors (Lipinski definition) is 3. The second kappa shape index (κ2) is 6.42. The van der Waals surface area contributed by atoms with Crippen LogP contribution in [-0.2, 0) is 9.53 Å². The summed E-state index contributed by atoms with van der Waals surface area (Å²) in [5.74, 6) is 0.0943. The Balaban J connectivity index is 2.07. The second-order valence-corrected chi connectivity index (χ2v) is 8.14. The summed E-state index contributed by atoms with van der Waals surface area (Å²) in [4.78, 5) is 25.4. The van der Waals surface area contributed by atoms with Gasteiger partial charge in [-0.2, -0.15) is 0 Å². The van der Waals surface area contributed by atoms with Crippen LogP contribution < -0.4 is 4.46 Å². The molecule has 0 bridgehead atoms. The number of rotatable bonds is 4. The molecular weight excluding hydrogens is 321 g/mol. The Morgan fingerprint density at radius 1 is 1.30 bits per heavy atom. The molecule has 0 aromatic heterocycles. The van der Waals surface area contributed by atoms with Crippen LogP contribution >= 0.6 is 0 Å². The van der Waals surface area contributed by atoms with Crippen molar-refractivity contribution in [1.82, 2.24) is 4.90 Å². The summed E-state index contributed by atoms with van der Waals surface area (Å²) in [6, 6.07) is 9.80. The van der Waals surface area contributed by atoms with Crippen LogP contribution in [0.4, 0.5) is 4.79 Å². The topological polar surface area (TPSA) is 46.6 Å². The number of imide groups is 1. The van der Waals surface area contributed by atoms with Crippen LogP contribution in [-0.4, -0.2) is 44.5 Å². The first-order chi connectivity index (χ1) is 9.50. The molecule has 0 spiro atoms. The van der Waals surface area contributed by atoms with Gasteiger partial charge in [0.2, 0.25) is 0 Å². The van der Waals surface area contributed by atoms with Gasteiger partial charge in [-0.05, 0) is 0 Å². The molecule has 0 radical (unpaired) electrons. The third-order valence-corrected chi connectivity index (χ3v) is 5.62. The van der Waals surface area contributed by atoms with Gasteiger partial charge >= 0.3 is 125 Å². The van der Waals surface area contributed by atoms with Crippen molar-refractivity contribution in [3.05, 3.63) is 30.3 Å². The van der Waals surface area contributed by atoms with Crippen LogP contribution in [0.15, 0.2) is 30.3 Å². The summed E-state index contributed by atoms with van der Waals surface area (Å²) in [6.45, 7) is 6.20. The van der Waals surface area contributed by atoms with Crippen LogP contribution in [0, 0.1) is 5.92 Å². The molecular formula is C15H19NO3Se. The van der Waals surface area contributed by atoms with E-state index >= 15 is 0 Å². The number of ether oxygens (including phenoxy) is 1. The van der Waals surface area contributed by atoms with E-state index in [-0.39, 0.29) is 37.6 Å². The molecule has 1 aliphatic rings. The molecule has 5 heteroatoms. The minimum atomic E-state index is -0.496. The van der Waals surface area contributed by atoms with Crippen molar-refractivity contribution in [2.45, 2.75) is 31.6 Å². The Kier molecular flexibility index (Phi) is 4.84. The summed E-state index contributed by atoms with van der Waals surface area (Å²) in [7, 11) is 0. The first-order valence-corrected chi connectivity index (χ1v) is 8.56. The number of amides is 2. The molecule has 1 saturated heterocycles. The van der Waals surface area contributed by atoms with Crippen molar-refractivity contribution in [2.75, 3.05) is 6.61 Å². The van der Waals surface area contributed by atoms with E-state index in [0.29, 0.717) is 6.61 Å². The van der Waals surface area contributed by atoms with Gasteiger partial charge < -0.3 is 0 Å². The third-order valence-electron chi connectivity index (χ3n) is 3.32. The van der Waals surface area contributed by atoms with Gasteiger partial charge in [0.1, 0.15) is 0 Å². The van der Waals surface area contributed by atoms with Crippen LogP contribution in [0.25, 0.3) is 0 Å². The molecule has 1 aromatic rings. The van der Waals surface area contributed by atoms with Gasteiger partial charge in [0.05, 0.1) is 0 Å². The fraction of sp³-hybridized carbons (Fsp3) is 0.467. The minimum absolute atomic E-state index is 0.0166. The molecule has 2 rings (SSSR count). The fourth-order valence-electron chi connectivity index (χ4n) is 2.13. The van der Waals surface area contributed by atoms with Crippen molar-refractivity contribution < 1.29 is 14.3 Å². The second-order valence-electron chi connectivity index (χ2n) is 5.17. The molecule has 0 N–H and O–H groups in total. The first kappa shape index (κ1) is 15.1. The van der Waals surface area contributed by atoms with Crippen LogP contribution in [0.2, 0.25) is 4.82 Å². The molecule has 0 saturated carbocycles. The molecule has 20 heavy (non-hydrogen) atoms. The van der Waals surface area contributed by atoms with Crippen molar-refractivity contribution >= 4 is 31.4 Å². The standard InChI is InChI=1S/C15H19NO3Se/c1-10(2)13-9-19-15(18)16(13)14(17)11(3)20-12-7-5-4-6-8-12/h4-8,10-11,13H,9H2,1-3H3. The number of cyclic esters (lactones) is 1. The van der Waals surface area contributed by atoms with E-state index in [0.717, 1.165) is 4.46 Å².